The van der Waals surface area contributed by atoms with Gasteiger partial charge >= 0.3 is 6.18 Å². The van der Waals surface area contributed by atoms with Crippen LogP contribution in [0, 0.1) is 0 Å². The summed E-state index contributed by atoms with van der Waals surface area (Å²) in [4.78, 5) is 13.2. The lowest BCUT2D eigenvalue weighted by Gasteiger charge is -2.12. The van der Waals surface area contributed by atoms with Gasteiger partial charge in [0, 0.05) is 5.69 Å². The number of imidazole rings is 1. The lowest BCUT2D eigenvalue weighted by molar-refractivity contribution is -0.137. The van der Waals surface area contributed by atoms with Gasteiger partial charge in [0.1, 0.15) is 0 Å². The molecule has 4 aromatic rings. The van der Waals surface area contributed by atoms with Crippen molar-refractivity contribution in [2.45, 2.75) is 11.3 Å². The lowest BCUT2D eigenvalue weighted by atomic mass is 10.2. The summed E-state index contributed by atoms with van der Waals surface area (Å²) < 4.78 is 40.0. The number of nitrogens with two attached hydrogens (primary N) is 1. The van der Waals surface area contributed by atoms with Crippen molar-refractivity contribution in [3.63, 3.8) is 0 Å². The first-order valence-corrected chi connectivity index (χ1v) is 10.7. The molecule has 0 saturated heterocycles. The highest BCUT2D eigenvalue weighted by Gasteiger charge is 2.30. The molecule has 0 saturated carbocycles. The smallest absolute Gasteiger partial charge is 0.369 e. The summed E-state index contributed by atoms with van der Waals surface area (Å²) in [5.41, 5.74) is 6.87. The molecular formula is C19H13Cl2F3N6S. The molecule has 0 atom stereocenters. The van der Waals surface area contributed by atoms with Crippen LogP contribution in [0.5, 0.6) is 0 Å². The summed E-state index contributed by atoms with van der Waals surface area (Å²) in [6.45, 7) is 0. The third-order valence-corrected chi connectivity index (χ3v) is 5.49. The van der Waals surface area contributed by atoms with Gasteiger partial charge in [-0.05, 0) is 42.7 Å². The third-order valence-electron chi connectivity index (χ3n) is 4.33. The van der Waals surface area contributed by atoms with Crippen molar-refractivity contribution >= 4 is 63.6 Å². The number of para-hydroxylation sites is 1. The molecule has 2 aromatic heterocycles. The largest absolute Gasteiger partial charge is 0.416 e. The van der Waals surface area contributed by atoms with E-state index in [4.69, 9.17) is 28.9 Å². The van der Waals surface area contributed by atoms with Gasteiger partial charge in [-0.15, -0.1) is 0 Å². The second kappa shape index (κ2) is 8.10. The van der Waals surface area contributed by atoms with Crippen LogP contribution in [0.25, 0.3) is 16.9 Å². The highest BCUT2D eigenvalue weighted by molar-refractivity contribution is 7.98. The molecule has 6 nitrogen and oxygen atoms in total. The van der Waals surface area contributed by atoms with Gasteiger partial charge in [0.2, 0.25) is 5.95 Å². The van der Waals surface area contributed by atoms with Crippen molar-refractivity contribution in [3.05, 3.63) is 58.1 Å². The van der Waals surface area contributed by atoms with Crippen molar-refractivity contribution in [2.24, 2.45) is 0 Å². The average Bonchev–Trinajstić information content (AvgIpc) is 3.04. The monoisotopic (exact) mass is 484 g/mol. The van der Waals surface area contributed by atoms with E-state index in [2.05, 4.69) is 20.3 Å². The molecule has 12 heteroatoms. The first-order chi connectivity index (χ1) is 14.7. The summed E-state index contributed by atoms with van der Waals surface area (Å²) in [6, 6.07) is 9.59. The minimum atomic E-state index is -4.42. The number of alkyl halides is 3. The molecule has 2 aromatic carbocycles. The van der Waals surface area contributed by atoms with Crippen LogP contribution in [0.4, 0.5) is 30.6 Å². The van der Waals surface area contributed by atoms with Gasteiger partial charge in [-0.2, -0.15) is 13.2 Å². The SMILES string of the molecule is CSc1nc(Nc2ccc(C(F)(F)F)cc2)c2nc(N)n(-c3c(Cl)cccc3Cl)c2n1. The normalized spacial score (nSPS) is 11.8. The topological polar surface area (TPSA) is 81.6 Å². The maximum absolute atomic E-state index is 12.8. The van der Waals surface area contributed by atoms with Gasteiger partial charge < -0.3 is 11.1 Å². The van der Waals surface area contributed by atoms with Crippen molar-refractivity contribution < 1.29 is 13.2 Å². The fourth-order valence-electron chi connectivity index (χ4n) is 2.94. The third kappa shape index (κ3) is 4.10. The van der Waals surface area contributed by atoms with Crippen molar-refractivity contribution in [1.82, 2.24) is 19.5 Å². The van der Waals surface area contributed by atoms with Gasteiger partial charge in [0.25, 0.3) is 0 Å². The zero-order valence-corrected chi connectivity index (χ0v) is 18.0. The van der Waals surface area contributed by atoms with E-state index in [1.807, 2.05) is 0 Å². The Morgan fingerprint density at radius 1 is 1.00 bits per heavy atom. The molecule has 0 fully saturated rings. The molecule has 3 N–H and O–H groups in total. The number of anilines is 3. The van der Waals surface area contributed by atoms with E-state index < -0.39 is 11.7 Å². The zero-order valence-electron chi connectivity index (χ0n) is 15.7. The molecule has 0 spiro atoms. The molecule has 0 unspecified atom stereocenters. The number of aromatic nitrogens is 4. The number of fused-ring (bicyclic) bond motifs is 1. The van der Waals surface area contributed by atoms with Crippen molar-refractivity contribution in [3.8, 4) is 5.69 Å². The minimum Gasteiger partial charge on any atom is -0.369 e. The predicted molar refractivity (Wildman–Crippen MR) is 118 cm³/mol. The number of nitrogens with zero attached hydrogens (tertiary/aromatic N) is 4. The van der Waals surface area contributed by atoms with Gasteiger partial charge in [0.05, 0.1) is 21.3 Å². The molecule has 0 aliphatic rings. The van der Waals surface area contributed by atoms with Crippen LogP contribution in [0.2, 0.25) is 10.0 Å². The quantitative estimate of drug-likeness (QED) is 0.265. The highest BCUT2D eigenvalue weighted by atomic mass is 35.5. The van der Waals surface area contributed by atoms with Crippen molar-refractivity contribution in [2.75, 3.05) is 17.3 Å². The Morgan fingerprint density at radius 3 is 2.23 bits per heavy atom. The van der Waals surface area contributed by atoms with Gasteiger partial charge in [-0.25, -0.2) is 15.0 Å². The fourth-order valence-corrected chi connectivity index (χ4v) is 3.86. The van der Waals surface area contributed by atoms with E-state index in [0.29, 0.717) is 37.7 Å². The molecule has 4 rings (SSSR count). The Labute approximate surface area is 188 Å². The number of hydrogen-bond donors (Lipinski definition) is 2. The fraction of sp³-hybridized carbons (Fsp3) is 0.105. The van der Waals surface area contributed by atoms with Gasteiger partial charge in [-0.3, -0.25) is 4.57 Å². The second-order valence-electron chi connectivity index (χ2n) is 6.31. The number of thioether (sulfide) groups is 1. The first kappa shape index (κ1) is 21.5. The molecule has 31 heavy (non-hydrogen) atoms. The summed E-state index contributed by atoms with van der Waals surface area (Å²) >= 11 is 14.0. The number of nitrogens with one attached hydrogen (secondary N) is 1. The molecule has 0 bridgehead atoms. The summed E-state index contributed by atoms with van der Waals surface area (Å²) in [6.07, 6.45) is -2.64. The van der Waals surface area contributed by atoms with E-state index in [1.54, 1.807) is 24.5 Å². The molecule has 0 radical (unpaired) electrons. The maximum atomic E-state index is 12.8. The van der Waals surface area contributed by atoms with E-state index in [9.17, 15) is 13.2 Å². The van der Waals surface area contributed by atoms with Crippen LogP contribution in [0.1, 0.15) is 5.56 Å². The minimum absolute atomic E-state index is 0.0769. The summed E-state index contributed by atoms with van der Waals surface area (Å²) in [5, 5.41) is 4.08. The van der Waals surface area contributed by atoms with Gasteiger partial charge in [0.15, 0.2) is 22.1 Å². The highest BCUT2D eigenvalue weighted by Crippen LogP contribution is 2.36. The molecule has 0 aliphatic carbocycles. The van der Waals surface area contributed by atoms with Crippen LogP contribution in [-0.4, -0.2) is 25.8 Å². The standard InChI is InChI=1S/C19H13Cl2F3N6S/c1-31-18-28-15(26-10-7-5-9(6-8-10)19(22,23)24)13-16(29-18)30(17(25)27-13)14-11(20)3-2-4-12(14)21/h2-8H,1H3,(H2,25,27)(H,26,28,29). The van der Waals surface area contributed by atoms with E-state index in [1.165, 1.54) is 28.5 Å². The Kier molecular flexibility index (Phi) is 5.63. The summed E-state index contributed by atoms with van der Waals surface area (Å²) in [7, 11) is 0. The number of halogens is 5. The maximum Gasteiger partial charge on any atom is 0.416 e. The molecule has 0 amide bonds. The van der Waals surface area contributed by atoms with Crippen LogP contribution in [0.15, 0.2) is 47.6 Å². The van der Waals surface area contributed by atoms with Crippen molar-refractivity contribution in [1.29, 1.82) is 0 Å². The van der Waals surface area contributed by atoms with Crippen LogP contribution >= 0.6 is 35.0 Å². The predicted octanol–water partition coefficient (Wildman–Crippen LogP) is 6.19. The van der Waals surface area contributed by atoms with E-state index in [-0.39, 0.29) is 11.8 Å². The average molecular weight is 485 g/mol. The van der Waals surface area contributed by atoms with E-state index in [0.717, 1.165) is 12.1 Å². The van der Waals surface area contributed by atoms with E-state index >= 15 is 0 Å². The summed E-state index contributed by atoms with van der Waals surface area (Å²) in [5.74, 6) is 0.357. The molecule has 160 valence electrons. The van der Waals surface area contributed by atoms with Gasteiger partial charge in [-0.1, -0.05) is 41.0 Å². The number of rotatable bonds is 4. The molecular weight excluding hydrogens is 472 g/mol. The Balaban J connectivity index is 1.86. The molecule has 0 aliphatic heterocycles. The molecule has 2 heterocycles. The number of benzene rings is 2. The second-order valence-corrected chi connectivity index (χ2v) is 7.89. The number of hydrogen-bond acceptors (Lipinski definition) is 6. The van der Waals surface area contributed by atoms with Crippen LogP contribution < -0.4 is 11.1 Å². The Bertz CT molecular complexity index is 1250. The number of nitrogen functional groups attached to an aromatic ring is 1. The first-order valence-electron chi connectivity index (χ1n) is 8.67. The Morgan fingerprint density at radius 2 is 1.65 bits per heavy atom. The zero-order chi connectivity index (χ0) is 22.3. The van der Waals surface area contributed by atoms with Crippen LogP contribution in [0.3, 0.4) is 0 Å². The Hall–Kier alpha value is -2.69. The lowest BCUT2D eigenvalue weighted by Crippen LogP contribution is -2.05. The van der Waals surface area contributed by atoms with Crippen LogP contribution in [-0.2, 0) is 6.18 Å².